The summed E-state index contributed by atoms with van der Waals surface area (Å²) >= 11 is 0. The molecule has 4 N–H and O–H groups in total. The van der Waals surface area contributed by atoms with Gasteiger partial charge in [-0.25, -0.2) is 13.6 Å². The second-order valence-corrected chi connectivity index (χ2v) is 6.92. The molecule has 24 heavy (non-hydrogen) atoms. The predicted octanol–water partition coefficient (Wildman–Crippen LogP) is -0.626. The van der Waals surface area contributed by atoms with Gasteiger partial charge in [-0.05, 0) is 25.1 Å². The Kier molecular flexibility index (Phi) is 5.42. The quantitative estimate of drug-likeness (QED) is 0.638. The van der Waals surface area contributed by atoms with Gasteiger partial charge in [0, 0.05) is 18.8 Å². The molecule has 0 unspecified atom stereocenters. The molecule has 1 atom stereocenters. The van der Waals surface area contributed by atoms with Gasteiger partial charge in [-0.2, -0.15) is 0 Å². The van der Waals surface area contributed by atoms with E-state index in [1.54, 1.807) is 0 Å². The zero-order valence-electron chi connectivity index (χ0n) is 13.1. The monoisotopic (exact) mass is 357 g/mol. The molecule has 132 valence electrons. The summed E-state index contributed by atoms with van der Waals surface area (Å²) in [7, 11) is -3.99. The van der Waals surface area contributed by atoms with Gasteiger partial charge in [0.15, 0.2) is 0 Å². The lowest BCUT2D eigenvalue weighted by Crippen LogP contribution is -2.41. The molecule has 0 spiro atoms. The Hall–Kier alpha value is -2.17. The lowest BCUT2D eigenvalue weighted by Gasteiger charge is -2.30. The Balaban J connectivity index is 2.43. The number of aliphatic carboxylic acids is 1. The van der Waals surface area contributed by atoms with Crippen LogP contribution in [-0.2, 0) is 19.6 Å². The van der Waals surface area contributed by atoms with E-state index in [-0.39, 0.29) is 10.5 Å². The minimum atomic E-state index is -3.99. The molecule has 0 aromatic heterocycles. The van der Waals surface area contributed by atoms with Crippen molar-refractivity contribution >= 4 is 27.6 Å². The Morgan fingerprint density at radius 2 is 1.96 bits per heavy atom. The van der Waals surface area contributed by atoms with E-state index in [9.17, 15) is 18.0 Å². The number of rotatable bonds is 5. The van der Waals surface area contributed by atoms with E-state index in [2.05, 4.69) is 5.32 Å². The van der Waals surface area contributed by atoms with Gasteiger partial charge in [-0.15, -0.1) is 0 Å². The first-order valence-corrected chi connectivity index (χ1v) is 8.78. The molecule has 1 fully saturated rings. The zero-order valence-corrected chi connectivity index (χ0v) is 13.9. The summed E-state index contributed by atoms with van der Waals surface area (Å²) < 4.78 is 28.3. The number of carboxylic acid groups (broad SMARTS) is 1. The first kappa shape index (κ1) is 18.2. The minimum absolute atomic E-state index is 0.0523. The highest BCUT2D eigenvalue weighted by atomic mass is 32.2. The van der Waals surface area contributed by atoms with Gasteiger partial charge in [0.05, 0.1) is 23.7 Å². The normalized spacial score (nSPS) is 16.5. The minimum Gasteiger partial charge on any atom is -0.480 e. The molecular formula is C14H19N3O6S. The third-order valence-corrected chi connectivity index (χ3v) is 4.52. The van der Waals surface area contributed by atoms with E-state index in [0.29, 0.717) is 32.0 Å². The molecule has 2 rings (SSSR count). The number of benzene rings is 1. The molecule has 0 saturated carbocycles. The number of primary sulfonamides is 1. The molecule has 1 aromatic rings. The molecule has 0 radical (unpaired) electrons. The van der Waals surface area contributed by atoms with Crippen molar-refractivity contribution in [2.75, 3.05) is 31.2 Å². The van der Waals surface area contributed by atoms with E-state index in [0.717, 1.165) is 6.07 Å². The lowest BCUT2D eigenvalue weighted by molar-refractivity contribution is -0.138. The van der Waals surface area contributed by atoms with E-state index in [4.69, 9.17) is 15.0 Å². The smallest absolute Gasteiger partial charge is 0.325 e. The van der Waals surface area contributed by atoms with Gasteiger partial charge >= 0.3 is 5.97 Å². The Labute approximate surface area is 139 Å². The van der Waals surface area contributed by atoms with Gasteiger partial charge in [-0.1, -0.05) is 0 Å². The number of morpholine rings is 1. The van der Waals surface area contributed by atoms with Crippen molar-refractivity contribution in [1.82, 2.24) is 5.32 Å². The fourth-order valence-electron chi connectivity index (χ4n) is 2.29. The van der Waals surface area contributed by atoms with Crippen LogP contribution in [0.5, 0.6) is 0 Å². The van der Waals surface area contributed by atoms with Crippen molar-refractivity contribution in [3.8, 4) is 0 Å². The maximum Gasteiger partial charge on any atom is 0.325 e. The third kappa shape index (κ3) is 4.22. The lowest BCUT2D eigenvalue weighted by atomic mass is 10.1. The van der Waals surface area contributed by atoms with Crippen LogP contribution in [0.3, 0.4) is 0 Å². The van der Waals surface area contributed by atoms with Gasteiger partial charge in [0.2, 0.25) is 10.0 Å². The van der Waals surface area contributed by atoms with Crippen LogP contribution in [0.4, 0.5) is 5.69 Å². The topological polar surface area (TPSA) is 139 Å². The number of sulfonamides is 1. The maximum absolute atomic E-state index is 12.4. The number of carbonyl (C=O) groups is 2. The van der Waals surface area contributed by atoms with E-state index in [1.165, 1.54) is 19.1 Å². The van der Waals surface area contributed by atoms with Crippen LogP contribution >= 0.6 is 0 Å². The number of hydrogen-bond donors (Lipinski definition) is 3. The van der Waals surface area contributed by atoms with Gasteiger partial charge in [0.25, 0.3) is 5.91 Å². The van der Waals surface area contributed by atoms with Crippen molar-refractivity contribution in [3.63, 3.8) is 0 Å². The number of anilines is 1. The first-order chi connectivity index (χ1) is 11.2. The Morgan fingerprint density at radius 1 is 1.33 bits per heavy atom. The van der Waals surface area contributed by atoms with E-state index in [1.807, 2.05) is 4.90 Å². The second kappa shape index (κ2) is 7.16. The van der Waals surface area contributed by atoms with Crippen molar-refractivity contribution in [2.45, 2.75) is 17.9 Å². The maximum atomic E-state index is 12.4. The molecular weight excluding hydrogens is 338 g/mol. The largest absolute Gasteiger partial charge is 0.480 e. The van der Waals surface area contributed by atoms with Crippen molar-refractivity contribution in [2.24, 2.45) is 5.14 Å². The molecule has 9 nitrogen and oxygen atoms in total. The number of nitrogens with one attached hydrogen (secondary N) is 1. The molecule has 1 amide bonds. The predicted molar refractivity (Wildman–Crippen MR) is 85.4 cm³/mol. The molecule has 1 aromatic carbocycles. The fraction of sp³-hybridized carbons (Fsp3) is 0.429. The van der Waals surface area contributed by atoms with Crippen molar-refractivity contribution in [3.05, 3.63) is 23.8 Å². The zero-order chi connectivity index (χ0) is 17.9. The number of carbonyl (C=O) groups excluding carboxylic acids is 1. The average Bonchev–Trinajstić information content (AvgIpc) is 2.54. The van der Waals surface area contributed by atoms with E-state index >= 15 is 0 Å². The molecule has 1 aliphatic heterocycles. The molecule has 1 saturated heterocycles. The molecule has 1 aliphatic rings. The number of nitrogens with zero attached hydrogens (tertiary/aromatic N) is 1. The van der Waals surface area contributed by atoms with Crippen LogP contribution in [0.25, 0.3) is 0 Å². The highest BCUT2D eigenvalue weighted by Gasteiger charge is 2.23. The summed E-state index contributed by atoms with van der Waals surface area (Å²) in [5, 5.41) is 16.4. The molecule has 0 bridgehead atoms. The van der Waals surface area contributed by atoms with E-state index < -0.39 is 27.9 Å². The number of hydrogen-bond acceptors (Lipinski definition) is 6. The summed E-state index contributed by atoms with van der Waals surface area (Å²) in [6, 6.07) is 2.85. The van der Waals surface area contributed by atoms with Crippen molar-refractivity contribution < 1.29 is 27.9 Å². The summed E-state index contributed by atoms with van der Waals surface area (Å²) in [5.41, 5.74) is 0.553. The van der Waals surface area contributed by atoms with Crippen LogP contribution < -0.4 is 15.4 Å². The SMILES string of the molecule is C[C@@H](NC(=O)c1cc(S(N)(=O)=O)ccc1N1CCOCC1)C(=O)O. The summed E-state index contributed by atoms with van der Waals surface area (Å²) in [6.07, 6.45) is 0. The Bertz CT molecular complexity index is 743. The van der Waals surface area contributed by atoms with Gasteiger partial charge in [-0.3, -0.25) is 9.59 Å². The van der Waals surface area contributed by atoms with Gasteiger partial charge in [0.1, 0.15) is 6.04 Å². The van der Waals surface area contributed by atoms with Crippen molar-refractivity contribution in [1.29, 1.82) is 0 Å². The molecule has 10 heteroatoms. The standard InChI is InChI=1S/C14H19N3O6S/c1-9(14(19)20)16-13(18)11-8-10(24(15,21)22)2-3-12(11)17-4-6-23-7-5-17/h2-3,8-9H,4-7H2,1H3,(H,16,18)(H,19,20)(H2,15,21,22)/t9-/m1/s1. The summed E-state index contributed by atoms with van der Waals surface area (Å²) in [5.74, 6) is -1.88. The third-order valence-electron chi connectivity index (χ3n) is 3.61. The van der Waals surface area contributed by atoms with Crippen LogP contribution in [0, 0.1) is 0 Å². The van der Waals surface area contributed by atoms with Crippen LogP contribution in [0.2, 0.25) is 0 Å². The van der Waals surface area contributed by atoms with Gasteiger partial charge < -0.3 is 20.1 Å². The van der Waals surface area contributed by atoms with Crippen LogP contribution in [-0.4, -0.2) is 57.7 Å². The highest BCUT2D eigenvalue weighted by molar-refractivity contribution is 7.89. The highest BCUT2D eigenvalue weighted by Crippen LogP contribution is 2.25. The number of ether oxygens (including phenoxy) is 1. The second-order valence-electron chi connectivity index (χ2n) is 5.36. The summed E-state index contributed by atoms with van der Waals surface area (Å²) in [6.45, 7) is 3.33. The molecule has 1 heterocycles. The molecule has 0 aliphatic carbocycles. The number of amides is 1. The fourth-order valence-corrected chi connectivity index (χ4v) is 2.83. The first-order valence-electron chi connectivity index (χ1n) is 7.23. The van der Waals surface area contributed by atoms with Crippen LogP contribution in [0.15, 0.2) is 23.1 Å². The Morgan fingerprint density at radius 3 is 2.50 bits per heavy atom. The summed E-state index contributed by atoms with van der Waals surface area (Å²) in [4.78, 5) is 25.0. The average molecular weight is 357 g/mol. The van der Waals surface area contributed by atoms with Crippen LogP contribution in [0.1, 0.15) is 17.3 Å². The number of nitrogens with two attached hydrogens (primary N) is 1. The number of carboxylic acids is 1.